The van der Waals surface area contributed by atoms with Crippen molar-refractivity contribution < 1.29 is 4.42 Å². The van der Waals surface area contributed by atoms with Crippen LogP contribution in [0.5, 0.6) is 0 Å². The molecule has 0 amide bonds. The number of para-hydroxylation sites is 2. The van der Waals surface area contributed by atoms with Crippen molar-refractivity contribution >= 4 is 97.0 Å². The van der Waals surface area contributed by atoms with E-state index in [-0.39, 0.29) is 0 Å². The van der Waals surface area contributed by atoms with Gasteiger partial charge in [-0.25, -0.2) is 0 Å². The zero-order valence-corrected chi connectivity index (χ0v) is 25.3. The summed E-state index contributed by atoms with van der Waals surface area (Å²) >= 11 is 1.80. The van der Waals surface area contributed by atoms with Gasteiger partial charge < -0.3 is 8.98 Å². The summed E-state index contributed by atoms with van der Waals surface area (Å²) in [7, 11) is 0. The highest BCUT2D eigenvalue weighted by atomic mass is 32.1. The van der Waals surface area contributed by atoms with E-state index in [1.807, 2.05) is 0 Å². The van der Waals surface area contributed by atoms with Gasteiger partial charge in [0.05, 0.1) is 22.1 Å². The Morgan fingerprint density at radius 1 is 0.478 bits per heavy atom. The number of oxazole rings is 1. The fourth-order valence-electron chi connectivity index (χ4n) is 7.52. The fourth-order valence-corrected chi connectivity index (χ4v) is 8.63. The minimum atomic E-state index is 0.581. The zero-order valence-electron chi connectivity index (χ0n) is 24.4. The lowest BCUT2D eigenvalue weighted by atomic mass is 10.1. The molecule has 0 saturated carbocycles. The molecule has 0 aliphatic carbocycles. The predicted octanol–water partition coefficient (Wildman–Crippen LogP) is 11.5. The van der Waals surface area contributed by atoms with Crippen molar-refractivity contribution in [1.82, 2.24) is 14.1 Å². The molecule has 0 radical (unpaired) electrons. The molecule has 4 nitrogen and oxygen atoms in total. The molecule has 0 bridgehead atoms. The first-order valence-corrected chi connectivity index (χ1v) is 16.3. The molecule has 0 fully saturated rings. The summed E-state index contributed by atoms with van der Waals surface area (Å²) in [5.41, 5.74) is 7.36. The van der Waals surface area contributed by atoms with Crippen LogP contribution in [0.4, 0.5) is 0 Å². The van der Waals surface area contributed by atoms with Crippen LogP contribution in [-0.2, 0) is 0 Å². The maximum absolute atomic E-state index is 6.64. The Morgan fingerprint density at radius 3 is 1.93 bits per heavy atom. The standard InChI is InChI=1S/C41H23N3OS/c1-2-10-25-22-35-30(21-24(25)9-1)31-23-26(43-32-14-6-3-11-27(32)28-12-4-7-15-33(28)43)17-18-34(31)44(35)41-42-40-36(45-41)19-20-38-39(40)29-13-5-8-16-37(29)46-38/h1-23H. The van der Waals surface area contributed by atoms with Gasteiger partial charge in [-0.2, -0.15) is 4.98 Å². The molecule has 0 unspecified atom stereocenters. The average Bonchev–Trinajstić information content (AvgIpc) is 3.85. The Labute approximate surface area is 265 Å². The SMILES string of the molecule is c1ccc2cc3c(cc2c1)c1cc(-n2c4ccccc4c4ccccc42)ccc1n3-c1nc2c(ccc3sc4ccccc4c32)o1. The number of hydrogen-bond acceptors (Lipinski definition) is 3. The minimum absolute atomic E-state index is 0.581. The Bertz CT molecular complexity index is 2990. The van der Waals surface area contributed by atoms with E-state index < -0.39 is 0 Å². The van der Waals surface area contributed by atoms with Crippen LogP contribution in [0.25, 0.3) is 97.4 Å². The highest BCUT2D eigenvalue weighted by molar-refractivity contribution is 7.26. The molecule has 0 aliphatic heterocycles. The van der Waals surface area contributed by atoms with Crippen LogP contribution < -0.4 is 0 Å². The average molecular weight is 606 g/mol. The monoisotopic (exact) mass is 605 g/mol. The van der Waals surface area contributed by atoms with Gasteiger partial charge in [0, 0.05) is 47.4 Å². The molecule has 0 N–H and O–H groups in total. The number of benzene rings is 7. The van der Waals surface area contributed by atoms with Crippen LogP contribution in [0.1, 0.15) is 0 Å². The van der Waals surface area contributed by atoms with Crippen molar-refractivity contribution in [3.05, 3.63) is 140 Å². The van der Waals surface area contributed by atoms with Crippen molar-refractivity contribution in [3.8, 4) is 11.7 Å². The second-order valence-electron chi connectivity index (χ2n) is 12.0. The second kappa shape index (κ2) is 8.84. The van der Waals surface area contributed by atoms with Crippen LogP contribution in [0.2, 0.25) is 0 Å². The Kier molecular flexibility index (Phi) is 4.69. The van der Waals surface area contributed by atoms with E-state index in [0.717, 1.165) is 38.6 Å². The Morgan fingerprint density at radius 2 is 1.13 bits per heavy atom. The van der Waals surface area contributed by atoms with E-state index in [9.17, 15) is 0 Å². The fraction of sp³-hybridized carbons (Fsp3) is 0. The summed E-state index contributed by atoms with van der Waals surface area (Å²) in [5, 5.41) is 9.61. The summed E-state index contributed by atoms with van der Waals surface area (Å²) in [6.45, 7) is 0. The van der Waals surface area contributed by atoms with Gasteiger partial charge in [0.2, 0.25) is 0 Å². The third-order valence-electron chi connectivity index (χ3n) is 9.53. The molecule has 5 heteroatoms. The summed E-state index contributed by atoms with van der Waals surface area (Å²) in [5.74, 6) is 0. The molecule has 0 saturated heterocycles. The van der Waals surface area contributed by atoms with Crippen molar-refractivity contribution in [2.24, 2.45) is 0 Å². The maximum atomic E-state index is 6.64. The van der Waals surface area contributed by atoms with Crippen LogP contribution >= 0.6 is 11.3 Å². The van der Waals surface area contributed by atoms with E-state index in [1.54, 1.807) is 11.3 Å². The normalized spacial score (nSPS) is 12.3. The van der Waals surface area contributed by atoms with Gasteiger partial charge in [-0.15, -0.1) is 11.3 Å². The molecule has 214 valence electrons. The first-order chi connectivity index (χ1) is 22.8. The Hall–Kier alpha value is -5.91. The van der Waals surface area contributed by atoms with Crippen LogP contribution in [0, 0.1) is 0 Å². The molecule has 4 aromatic heterocycles. The van der Waals surface area contributed by atoms with Gasteiger partial charge in [0.15, 0.2) is 5.58 Å². The molecule has 0 atom stereocenters. The quantitative estimate of drug-likeness (QED) is 0.196. The smallest absolute Gasteiger partial charge is 0.307 e. The van der Waals surface area contributed by atoms with Gasteiger partial charge in [-0.3, -0.25) is 4.57 Å². The van der Waals surface area contributed by atoms with Crippen LogP contribution in [0.15, 0.2) is 144 Å². The number of hydrogen-bond donors (Lipinski definition) is 0. The number of thiophene rings is 1. The molecule has 7 aromatic carbocycles. The highest BCUT2D eigenvalue weighted by Crippen LogP contribution is 2.41. The minimum Gasteiger partial charge on any atom is -0.423 e. The largest absolute Gasteiger partial charge is 0.423 e. The lowest BCUT2D eigenvalue weighted by Gasteiger charge is -2.09. The summed E-state index contributed by atoms with van der Waals surface area (Å²) in [6.07, 6.45) is 0. The molecule has 0 spiro atoms. The first-order valence-electron chi connectivity index (χ1n) is 15.5. The molecule has 11 rings (SSSR count). The van der Waals surface area contributed by atoms with Crippen molar-refractivity contribution in [3.63, 3.8) is 0 Å². The lowest BCUT2D eigenvalue weighted by molar-refractivity contribution is 0.574. The topological polar surface area (TPSA) is 35.9 Å². The predicted molar refractivity (Wildman–Crippen MR) is 193 cm³/mol. The van der Waals surface area contributed by atoms with Gasteiger partial charge >= 0.3 is 6.01 Å². The number of rotatable bonds is 2. The molecular formula is C41H23N3OS. The highest BCUT2D eigenvalue weighted by Gasteiger charge is 2.21. The lowest BCUT2D eigenvalue weighted by Crippen LogP contribution is -1.96. The van der Waals surface area contributed by atoms with Crippen LogP contribution in [-0.4, -0.2) is 14.1 Å². The third kappa shape index (κ3) is 3.19. The van der Waals surface area contributed by atoms with Crippen LogP contribution in [0.3, 0.4) is 0 Å². The van der Waals surface area contributed by atoms with Crippen molar-refractivity contribution in [2.75, 3.05) is 0 Å². The maximum Gasteiger partial charge on any atom is 0.307 e. The molecule has 11 aromatic rings. The number of aromatic nitrogens is 3. The molecule has 0 aliphatic rings. The van der Waals surface area contributed by atoms with E-state index in [2.05, 4.69) is 149 Å². The molecular weight excluding hydrogens is 583 g/mol. The van der Waals surface area contributed by atoms with Gasteiger partial charge in [0.1, 0.15) is 5.52 Å². The first kappa shape index (κ1) is 24.4. The second-order valence-corrected chi connectivity index (χ2v) is 13.1. The van der Waals surface area contributed by atoms with Gasteiger partial charge in [-0.1, -0.05) is 78.9 Å². The number of fused-ring (bicyclic) bond motifs is 12. The van der Waals surface area contributed by atoms with Gasteiger partial charge in [-0.05, 0) is 71.4 Å². The van der Waals surface area contributed by atoms with E-state index in [1.165, 1.54) is 52.8 Å². The van der Waals surface area contributed by atoms with Crippen molar-refractivity contribution in [2.45, 2.75) is 0 Å². The summed E-state index contributed by atoms with van der Waals surface area (Å²) < 4.78 is 13.7. The zero-order chi connectivity index (χ0) is 29.9. The molecule has 46 heavy (non-hydrogen) atoms. The van der Waals surface area contributed by atoms with E-state index in [4.69, 9.17) is 9.40 Å². The number of nitrogens with zero attached hydrogens (tertiary/aromatic N) is 3. The van der Waals surface area contributed by atoms with E-state index >= 15 is 0 Å². The van der Waals surface area contributed by atoms with Crippen molar-refractivity contribution in [1.29, 1.82) is 0 Å². The molecule has 4 heterocycles. The summed E-state index contributed by atoms with van der Waals surface area (Å²) in [6, 6.07) is 50.6. The third-order valence-corrected chi connectivity index (χ3v) is 10.7. The van der Waals surface area contributed by atoms with Gasteiger partial charge in [0.25, 0.3) is 0 Å². The Balaban J connectivity index is 1.24. The van der Waals surface area contributed by atoms with E-state index in [0.29, 0.717) is 6.01 Å². The summed E-state index contributed by atoms with van der Waals surface area (Å²) in [4.78, 5) is 5.24.